The van der Waals surface area contributed by atoms with Crippen LogP contribution in [-0.2, 0) is 14.4 Å². The van der Waals surface area contributed by atoms with Crippen molar-refractivity contribution in [2.75, 3.05) is 0 Å². The van der Waals surface area contributed by atoms with Crippen LogP contribution in [0.5, 0.6) is 0 Å². The number of carboxylic acid groups (broad SMARTS) is 2. The van der Waals surface area contributed by atoms with E-state index in [4.69, 9.17) is 10.2 Å². The van der Waals surface area contributed by atoms with Gasteiger partial charge in [0, 0.05) is 0 Å². The Hall–Kier alpha value is -0.871. The van der Waals surface area contributed by atoms with Gasteiger partial charge in [-0.05, 0) is 0 Å². The molecule has 0 aliphatic rings. The fraction of sp³-hybridized carbons (Fsp3) is 0.400. The second-order valence-electron chi connectivity index (χ2n) is 1.61. The fourth-order valence-corrected chi connectivity index (χ4v) is 1.52. The van der Waals surface area contributed by atoms with Crippen molar-refractivity contribution >= 4 is 32.7 Å². The Morgan fingerprint density at radius 3 is 2.00 bits per heavy atom. The number of hydrogen-bond acceptors (Lipinski definition) is 3. The molecule has 0 aromatic rings. The van der Waals surface area contributed by atoms with Crippen LogP contribution in [-0.4, -0.2) is 42.9 Å². The first-order chi connectivity index (χ1) is 5.04. The zero-order valence-corrected chi connectivity index (χ0v) is 7.15. The number of aliphatic carboxylic acids is 2. The van der Waals surface area contributed by atoms with Gasteiger partial charge >= 0.3 is 67.9 Å². The van der Waals surface area contributed by atoms with Crippen LogP contribution in [0.3, 0.4) is 0 Å². The topological polar surface area (TPSA) is 91.7 Å². The van der Waals surface area contributed by atoms with Gasteiger partial charge in [0.15, 0.2) is 0 Å². The maximum absolute atomic E-state index is 10.3. The molecule has 0 bridgehead atoms. The van der Waals surface area contributed by atoms with E-state index in [1.165, 1.54) is 0 Å². The summed E-state index contributed by atoms with van der Waals surface area (Å²) >= 11 is -0.429. The van der Waals surface area contributed by atoms with Crippen LogP contribution in [0.2, 0.25) is 10.6 Å². The second kappa shape index (κ2) is 4.87. The summed E-state index contributed by atoms with van der Waals surface area (Å²) < 4.78 is 0. The summed E-state index contributed by atoms with van der Waals surface area (Å²) in [6.07, 6.45) is 0. The van der Waals surface area contributed by atoms with Crippen molar-refractivity contribution in [2.45, 2.75) is 10.6 Å². The third-order valence-electron chi connectivity index (χ3n) is 0.697. The molecule has 0 saturated heterocycles. The second-order valence-corrected chi connectivity index (χ2v) is 3.68. The molecular formula is C5H6O5Se. The summed E-state index contributed by atoms with van der Waals surface area (Å²) in [5.74, 6) is -3.40. The average molecular weight is 225 g/mol. The molecule has 0 aliphatic heterocycles. The molecular weight excluding hydrogens is 219 g/mol. The summed E-state index contributed by atoms with van der Waals surface area (Å²) in [5, 5.41) is 15.9. The van der Waals surface area contributed by atoms with Crippen molar-refractivity contribution in [3.63, 3.8) is 0 Å². The standard InChI is InChI=1S/C5H6O5Se/c6-3(5(9)10)1-11-2-4(7)8/h1-2H2,(H,7,8)(H,9,10). The predicted octanol–water partition coefficient (Wildman–Crippen LogP) is -0.735. The molecule has 0 heterocycles. The summed E-state index contributed by atoms with van der Waals surface area (Å²) in [7, 11) is 0. The Balaban J connectivity index is 3.47. The Bertz CT molecular complexity index is 187. The van der Waals surface area contributed by atoms with Gasteiger partial charge in [0.05, 0.1) is 0 Å². The van der Waals surface area contributed by atoms with Gasteiger partial charge in [-0.1, -0.05) is 0 Å². The molecule has 0 spiro atoms. The number of Topliss-reactive ketones (excluding diaryl/α,β-unsaturated/α-hetero) is 1. The van der Waals surface area contributed by atoms with Gasteiger partial charge in [-0.2, -0.15) is 0 Å². The first-order valence-electron chi connectivity index (χ1n) is 2.59. The minimum atomic E-state index is -1.49. The van der Waals surface area contributed by atoms with Crippen molar-refractivity contribution in [1.82, 2.24) is 0 Å². The Kier molecular flexibility index (Phi) is 4.49. The van der Waals surface area contributed by atoms with E-state index in [9.17, 15) is 14.4 Å². The molecule has 0 radical (unpaired) electrons. The number of carboxylic acids is 2. The molecule has 62 valence electrons. The molecule has 0 aliphatic carbocycles. The molecule has 0 rings (SSSR count). The zero-order valence-electron chi connectivity index (χ0n) is 5.44. The van der Waals surface area contributed by atoms with E-state index in [-0.39, 0.29) is 10.6 Å². The zero-order chi connectivity index (χ0) is 8.85. The first-order valence-corrected chi connectivity index (χ1v) is 5.02. The van der Waals surface area contributed by atoms with Crippen LogP contribution in [0, 0.1) is 0 Å². The van der Waals surface area contributed by atoms with E-state index >= 15 is 0 Å². The van der Waals surface area contributed by atoms with Crippen LogP contribution in [0.1, 0.15) is 0 Å². The Morgan fingerprint density at radius 2 is 1.64 bits per heavy atom. The SMILES string of the molecule is O=C(O)C[Se]CC(=O)C(=O)O. The van der Waals surface area contributed by atoms with Crippen LogP contribution in [0.25, 0.3) is 0 Å². The summed E-state index contributed by atoms with van der Waals surface area (Å²) in [6.45, 7) is 0. The fourth-order valence-electron chi connectivity index (χ4n) is 0.293. The van der Waals surface area contributed by atoms with Crippen molar-refractivity contribution in [3.05, 3.63) is 0 Å². The Labute approximate surface area is 68.6 Å². The quantitative estimate of drug-likeness (QED) is 0.475. The number of hydrogen-bond donors (Lipinski definition) is 2. The molecule has 2 N–H and O–H groups in total. The summed E-state index contributed by atoms with van der Waals surface area (Å²) in [6, 6.07) is 0. The van der Waals surface area contributed by atoms with Crippen molar-refractivity contribution < 1.29 is 24.6 Å². The molecule has 0 fully saturated rings. The van der Waals surface area contributed by atoms with E-state index in [0.29, 0.717) is 0 Å². The number of carbonyl (C=O) groups excluding carboxylic acids is 1. The third kappa shape index (κ3) is 5.57. The molecule has 0 atom stereocenters. The molecule has 0 unspecified atom stereocenters. The molecule has 0 saturated carbocycles. The Morgan fingerprint density at radius 1 is 1.09 bits per heavy atom. The summed E-state index contributed by atoms with van der Waals surface area (Å²) in [5.41, 5.74) is 0. The van der Waals surface area contributed by atoms with E-state index in [0.717, 1.165) is 0 Å². The summed E-state index contributed by atoms with van der Waals surface area (Å²) in [4.78, 5) is 30.1. The minimum absolute atomic E-state index is 0.105. The van der Waals surface area contributed by atoms with Gasteiger partial charge in [-0.15, -0.1) is 0 Å². The van der Waals surface area contributed by atoms with Crippen LogP contribution >= 0.6 is 0 Å². The number of rotatable bonds is 5. The van der Waals surface area contributed by atoms with Gasteiger partial charge in [0.1, 0.15) is 0 Å². The van der Waals surface area contributed by atoms with E-state index in [2.05, 4.69) is 0 Å². The third-order valence-corrected chi connectivity index (χ3v) is 2.62. The van der Waals surface area contributed by atoms with Crippen LogP contribution in [0.15, 0.2) is 0 Å². The van der Waals surface area contributed by atoms with Gasteiger partial charge in [0.2, 0.25) is 0 Å². The monoisotopic (exact) mass is 226 g/mol. The van der Waals surface area contributed by atoms with E-state index in [1.54, 1.807) is 0 Å². The van der Waals surface area contributed by atoms with E-state index in [1.807, 2.05) is 0 Å². The van der Waals surface area contributed by atoms with Crippen LogP contribution in [0.4, 0.5) is 0 Å². The molecule has 0 aromatic carbocycles. The van der Waals surface area contributed by atoms with Crippen LogP contribution < -0.4 is 0 Å². The first kappa shape index (κ1) is 10.1. The molecule has 6 heteroatoms. The van der Waals surface area contributed by atoms with Crippen molar-refractivity contribution in [1.29, 1.82) is 0 Å². The average Bonchev–Trinajstić information content (AvgIpc) is 1.86. The number of ketones is 1. The van der Waals surface area contributed by atoms with Crippen molar-refractivity contribution in [3.8, 4) is 0 Å². The molecule has 0 amide bonds. The van der Waals surface area contributed by atoms with Gasteiger partial charge in [0.25, 0.3) is 0 Å². The van der Waals surface area contributed by atoms with Crippen molar-refractivity contribution in [2.24, 2.45) is 0 Å². The maximum atomic E-state index is 10.3. The normalized spacial score (nSPS) is 9.09. The molecule has 0 aromatic heterocycles. The number of carbonyl (C=O) groups is 3. The van der Waals surface area contributed by atoms with Gasteiger partial charge < -0.3 is 0 Å². The predicted molar refractivity (Wildman–Crippen MR) is 35.6 cm³/mol. The molecule has 5 nitrogen and oxygen atoms in total. The molecule has 11 heavy (non-hydrogen) atoms. The van der Waals surface area contributed by atoms with Gasteiger partial charge in [-0.25, -0.2) is 0 Å². The van der Waals surface area contributed by atoms with Gasteiger partial charge in [-0.3, -0.25) is 0 Å². The van der Waals surface area contributed by atoms with E-state index < -0.39 is 32.7 Å².